The Morgan fingerprint density at radius 1 is 1.31 bits per heavy atom. The van der Waals surface area contributed by atoms with Gasteiger partial charge in [0.05, 0.1) is 5.03 Å². The predicted molar refractivity (Wildman–Crippen MR) is 57.6 cm³/mol. The maximum Gasteiger partial charge on any atom is 0.182 e. The first-order valence-electron chi connectivity index (χ1n) is 4.14. The van der Waals surface area contributed by atoms with Gasteiger partial charge in [-0.25, -0.2) is 15.9 Å². The number of rotatable bonds is 1. The lowest BCUT2D eigenvalue weighted by atomic mass is 10.4. The summed E-state index contributed by atoms with van der Waals surface area (Å²) in [6.07, 6.45) is 6.39. The van der Waals surface area contributed by atoms with Crippen molar-refractivity contribution in [3.63, 3.8) is 0 Å². The Balaban J connectivity index is 2.61. The van der Waals surface area contributed by atoms with Gasteiger partial charge in [0.15, 0.2) is 5.65 Å². The van der Waals surface area contributed by atoms with Crippen molar-refractivity contribution in [2.75, 3.05) is 12.5 Å². The van der Waals surface area contributed by atoms with Crippen molar-refractivity contribution >= 4 is 21.9 Å². The van der Waals surface area contributed by atoms with Gasteiger partial charge < -0.3 is 0 Å². The number of thiol groups is 1. The van der Waals surface area contributed by atoms with Crippen LogP contribution in [-0.4, -0.2) is 27.3 Å². The van der Waals surface area contributed by atoms with Crippen LogP contribution in [0.4, 0.5) is 0 Å². The normalized spacial score (nSPS) is 12.1. The molecular formula is C9H13N3S. The molecule has 2 aromatic rings. The van der Waals surface area contributed by atoms with E-state index in [4.69, 9.17) is 0 Å². The lowest BCUT2D eigenvalue weighted by molar-refractivity contribution is 0.774. The van der Waals surface area contributed by atoms with E-state index in [1.807, 2.05) is 13.2 Å². The number of aryl methyl sites for hydroxylation is 1. The minimum Gasteiger partial charge on any atom is -0.273 e. The fourth-order valence-corrected chi connectivity index (χ4v) is 1.93. The van der Waals surface area contributed by atoms with Crippen molar-refractivity contribution in [2.45, 2.75) is 5.03 Å². The molecule has 0 saturated heterocycles. The van der Waals surface area contributed by atoms with Gasteiger partial charge >= 0.3 is 0 Å². The lowest BCUT2D eigenvalue weighted by Gasteiger charge is -2.06. The van der Waals surface area contributed by atoms with Crippen LogP contribution in [0.25, 0.3) is 11.0 Å². The Morgan fingerprint density at radius 2 is 2.08 bits per heavy atom. The average molecular weight is 195 g/mol. The molecule has 0 spiro atoms. The highest BCUT2D eigenvalue weighted by atomic mass is 32.2. The fourth-order valence-electron chi connectivity index (χ4n) is 1.26. The van der Waals surface area contributed by atoms with E-state index >= 15 is 0 Å². The molecular weight excluding hydrogens is 182 g/mol. The third-order valence-electron chi connectivity index (χ3n) is 1.93. The molecule has 0 saturated carbocycles. The van der Waals surface area contributed by atoms with E-state index in [1.165, 1.54) is 5.03 Å². The summed E-state index contributed by atoms with van der Waals surface area (Å²) in [7, 11) is 1.80. The number of hydrogen-bond donors (Lipinski definition) is 1. The molecule has 0 radical (unpaired) electrons. The Kier molecular flexibility index (Phi) is 2.00. The highest BCUT2D eigenvalue weighted by molar-refractivity contribution is 8.15. The van der Waals surface area contributed by atoms with Crippen LogP contribution < -0.4 is 0 Å². The minimum absolute atomic E-state index is 0.120. The Labute approximate surface area is 80.1 Å². The van der Waals surface area contributed by atoms with E-state index < -0.39 is 0 Å². The van der Waals surface area contributed by atoms with Crippen molar-refractivity contribution in [1.29, 1.82) is 0 Å². The Morgan fingerprint density at radius 3 is 2.77 bits per heavy atom. The van der Waals surface area contributed by atoms with Crippen LogP contribution in [0.15, 0.2) is 23.4 Å². The van der Waals surface area contributed by atoms with Crippen molar-refractivity contribution in [1.82, 2.24) is 14.8 Å². The fraction of sp³-hybridized carbons (Fsp3) is 0.333. The molecule has 0 unspecified atom stereocenters. The molecule has 3 nitrogen and oxygen atoms in total. The van der Waals surface area contributed by atoms with Crippen molar-refractivity contribution in [3.8, 4) is 0 Å². The van der Waals surface area contributed by atoms with Crippen molar-refractivity contribution in [3.05, 3.63) is 18.3 Å². The summed E-state index contributed by atoms with van der Waals surface area (Å²) in [6.45, 7) is 0. The molecule has 0 bridgehead atoms. The monoisotopic (exact) mass is 195 g/mol. The topological polar surface area (TPSA) is 30.7 Å². The molecule has 4 heteroatoms. The summed E-state index contributed by atoms with van der Waals surface area (Å²) in [5.41, 5.74) is 0.858. The van der Waals surface area contributed by atoms with Crippen LogP contribution in [0.3, 0.4) is 0 Å². The van der Waals surface area contributed by atoms with E-state index in [2.05, 4.69) is 34.7 Å². The molecule has 0 N–H and O–H groups in total. The zero-order chi connectivity index (χ0) is 9.42. The zero-order valence-electron chi connectivity index (χ0n) is 8.02. The standard InChI is InChI=1S/C9H13N3S/c1-12-6-7-4-5-8(13(2)3)10-9(7)11-12/h4-6,13H,1-3H3. The summed E-state index contributed by atoms with van der Waals surface area (Å²) < 4.78 is 1.80. The maximum atomic E-state index is 4.49. The van der Waals surface area contributed by atoms with Crippen LogP contribution in [0.1, 0.15) is 0 Å². The summed E-state index contributed by atoms with van der Waals surface area (Å²) in [5.74, 6) is 0. The number of hydrogen-bond acceptors (Lipinski definition) is 2. The second-order valence-electron chi connectivity index (χ2n) is 3.28. The molecule has 0 atom stereocenters. The van der Waals surface area contributed by atoms with Gasteiger partial charge in [0, 0.05) is 18.6 Å². The molecule has 0 aliphatic heterocycles. The van der Waals surface area contributed by atoms with Gasteiger partial charge in [-0.3, -0.25) is 4.68 Å². The molecule has 2 heterocycles. The largest absolute Gasteiger partial charge is 0.273 e. The van der Waals surface area contributed by atoms with Gasteiger partial charge in [-0.05, 0) is 24.6 Å². The van der Waals surface area contributed by atoms with Crippen molar-refractivity contribution < 1.29 is 0 Å². The number of aromatic nitrogens is 3. The average Bonchev–Trinajstić information content (AvgIpc) is 2.42. The van der Waals surface area contributed by atoms with Crippen LogP contribution in [0.2, 0.25) is 0 Å². The van der Waals surface area contributed by atoms with E-state index in [0.717, 1.165) is 11.0 Å². The van der Waals surface area contributed by atoms with Crippen LogP contribution in [0.5, 0.6) is 0 Å². The van der Waals surface area contributed by atoms with Gasteiger partial charge in [-0.15, -0.1) is 0 Å². The first kappa shape index (κ1) is 8.56. The smallest absolute Gasteiger partial charge is 0.182 e. The lowest BCUT2D eigenvalue weighted by Crippen LogP contribution is -1.88. The molecule has 2 rings (SSSR count). The number of nitrogens with zero attached hydrogens (tertiary/aromatic N) is 3. The van der Waals surface area contributed by atoms with E-state index in [0.29, 0.717) is 0 Å². The molecule has 2 aromatic heterocycles. The summed E-state index contributed by atoms with van der Waals surface area (Å²) in [5, 5.41) is 6.55. The van der Waals surface area contributed by atoms with Crippen molar-refractivity contribution in [2.24, 2.45) is 7.05 Å². The van der Waals surface area contributed by atoms with E-state index in [1.54, 1.807) is 4.68 Å². The van der Waals surface area contributed by atoms with Gasteiger partial charge in [-0.2, -0.15) is 5.10 Å². The third kappa shape index (κ3) is 1.54. The SMILES string of the molecule is Cn1cc2ccc([SH](C)C)nc2n1. The first-order chi connectivity index (χ1) is 6.16. The Hall–Kier alpha value is -1.03. The first-order valence-corrected chi connectivity index (χ1v) is 6.38. The molecule has 70 valence electrons. The second kappa shape index (κ2) is 3.03. The quantitative estimate of drug-likeness (QED) is 0.700. The highest BCUT2D eigenvalue weighted by Crippen LogP contribution is 2.26. The molecule has 0 aliphatic rings. The van der Waals surface area contributed by atoms with Gasteiger partial charge in [-0.1, -0.05) is 0 Å². The highest BCUT2D eigenvalue weighted by Gasteiger charge is 2.02. The third-order valence-corrected chi connectivity index (χ3v) is 3.09. The summed E-state index contributed by atoms with van der Waals surface area (Å²) >= 11 is 0. The van der Waals surface area contributed by atoms with Gasteiger partial charge in [0.2, 0.25) is 0 Å². The van der Waals surface area contributed by atoms with Gasteiger partial charge in [0.1, 0.15) is 0 Å². The van der Waals surface area contributed by atoms with Crippen LogP contribution in [-0.2, 0) is 7.05 Å². The maximum absolute atomic E-state index is 4.49. The predicted octanol–water partition coefficient (Wildman–Crippen LogP) is 1.59. The van der Waals surface area contributed by atoms with E-state index in [9.17, 15) is 0 Å². The summed E-state index contributed by atoms with van der Waals surface area (Å²) in [4.78, 5) is 4.49. The second-order valence-corrected chi connectivity index (χ2v) is 5.53. The molecule has 13 heavy (non-hydrogen) atoms. The molecule has 0 aromatic carbocycles. The van der Waals surface area contributed by atoms with Crippen LogP contribution >= 0.6 is 10.9 Å². The van der Waals surface area contributed by atoms with E-state index in [-0.39, 0.29) is 10.9 Å². The number of fused-ring (bicyclic) bond motifs is 1. The summed E-state index contributed by atoms with van der Waals surface area (Å²) in [6, 6.07) is 4.18. The van der Waals surface area contributed by atoms with Gasteiger partial charge in [0.25, 0.3) is 0 Å². The Bertz CT molecular complexity index is 433. The van der Waals surface area contributed by atoms with Crippen LogP contribution in [0, 0.1) is 0 Å². The molecule has 0 fully saturated rings. The number of pyridine rings is 1. The minimum atomic E-state index is -0.120. The molecule has 0 aliphatic carbocycles. The zero-order valence-corrected chi connectivity index (χ0v) is 8.92. The molecule has 0 amide bonds.